The zero-order valence-electron chi connectivity index (χ0n) is 15.6. The topological polar surface area (TPSA) is 59.1 Å². The Kier molecular flexibility index (Phi) is 5.69. The summed E-state index contributed by atoms with van der Waals surface area (Å²) in [4.78, 5) is 2.09. The van der Waals surface area contributed by atoms with E-state index in [4.69, 9.17) is 9.47 Å². The number of ether oxygens (including phenoxy) is 2. The van der Waals surface area contributed by atoms with E-state index < -0.39 is 10.0 Å². The van der Waals surface area contributed by atoms with Crippen LogP contribution in [0.5, 0.6) is 11.5 Å². The molecule has 1 aliphatic rings. The number of sulfonamides is 1. The number of piperazine rings is 1. The van der Waals surface area contributed by atoms with Crippen LogP contribution < -0.4 is 9.47 Å². The molecule has 6 nitrogen and oxygen atoms in total. The van der Waals surface area contributed by atoms with Crippen LogP contribution in [0.1, 0.15) is 11.6 Å². The van der Waals surface area contributed by atoms with Crippen molar-refractivity contribution in [3.8, 4) is 11.5 Å². The second-order valence-corrected chi connectivity index (χ2v) is 8.34. The van der Waals surface area contributed by atoms with Crippen LogP contribution in [0.15, 0.2) is 47.4 Å². The van der Waals surface area contributed by atoms with Crippen LogP contribution in [0, 0.1) is 5.82 Å². The molecule has 8 heteroatoms. The van der Waals surface area contributed by atoms with E-state index in [1.807, 2.05) is 11.9 Å². The molecule has 2 aromatic carbocycles. The quantitative estimate of drug-likeness (QED) is 0.780. The predicted octanol–water partition coefficient (Wildman–Crippen LogP) is 2.52. The number of methoxy groups -OCH3 is 2. The van der Waals surface area contributed by atoms with Crippen LogP contribution >= 0.6 is 0 Å². The lowest BCUT2D eigenvalue weighted by Crippen LogP contribution is -2.49. The molecule has 3 rings (SSSR count). The summed E-state index contributed by atoms with van der Waals surface area (Å²) in [6.45, 7) is 1.01. The first-order valence-corrected chi connectivity index (χ1v) is 9.99. The van der Waals surface area contributed by atoms with Gasteiger partial charge in [-0.3, -0.25) is 4.90 Å². The summed E-state index contributed by atoms with van der Waals surface area (Å²) >= 11 is 0. The second-order valence-electron chi connectivity index (χ2n) is 6.40. The number of rotatable bonds is 5. The van der Waals surface area contributed by atoms with E-state index in [1.54, 1.807) is 24.3 Å². The fourth-order valence-electron chi connectivity index (χ4n) is 3.27. The van der Waals surface area contributed by atoms with Gasteiger partial charge in [0.2, 0.25) is 10.0 Å². The van der Waals surface area contributed by atoms with Crippen molar-refractivity contribution in [1.29, 1.82) is 0 Å². The largest absolute Gasteiger partial charge is 0.493 e. The third kappa shape index (κ3) is 3.78. The molecule has 0 radical (unpaired) electrons. The van der Waals surface area contributed by atoms with Crippen LogP contribution in [-0.4, -0.2) is 58.5 Å². The van der Waals surface area contributed by atoms with Gasteiger partial charge in [-0.15, -0.1) is 0 Å². The van der Waals surface area contributed by atoms with Crippen molar-refractivity contribution in [2.24, 2.45) is 0 Å². The van der Waals surface area contributed by atoms with Crippen molar-refractivity contribution in [2.75, 3.05) is 40.9 Å². The molecule has 0 bridgehead atoms. The number of likely N-dealkylation sites (N-methyl/N-ethyl adjacent to an activating group) is 1. The molecule has 1 fully saturated rings. The molecule has 1 aliphatic heterocycles. The predicted molar refractivity (Wildman–Crippen MR) is 100 cm³/mol. The summed E-state index contributed by atoms with van der Waals surface area (Å²) in [5, 5.41) is 0. The van der Waals surface area contributed by atoms with Crippen molar-refractivity contribution in [2.45, 2.75) is 10.9 Å². The van der Waals surface area contributed by atoms with Crippen LogP contribution in [0.2, 0.25) is 0 Å². The Labute approximate surface area is 159 Å². The van der Waals surface area contributed by atoms with Gasteiger partial charge in [0, 0.05) is 31.3 Å². The van der Waals surface area contributed by atoms with E-state index in [1.165, 1.54) is 36.7 Å². The third-order valence-corrected chi connectivity index (χ3v) is 6.73. The van der Waals surface area contributed by atoms with Crippen molar-refractivity contribution in [1.82, 2.24) is 9.21 Å². The first-order chi connectivity index (χ1) is 12.9. The Morgan fingerprint density at radius 1 is 1.04 bits per heavy atom. The highest BCUT2D eigenvalue weighted by atomic mass is 32.2. The number of hydrogen-bond donors (Lipinski definition) is 0. The molecular weight excluding hydrogens is 371 g/mol. The Hall–Kier alpha value is -2.16. The average molecular weight is 394 g/mol. The molecule has 1 heterocycles. The Morgan fingerprint density at radius 3 is 2.41 bits per heavy atom. The summed E-state index contributed by atoms with van der Waals surface area (Å²) in [7, 11) is 1.07. The summed E-state index contributed by atoms with van der Waals surface area (Å²) < 4.78 is 52.3. The third-order valence-electron chi connectivity index (χ3n) is 4.87. The van der Waals surface area contributed by atoms with Crippen molar-refractivity contribution in [3.63, 3.8) is 0 Å². The van der Waals surface area contributed by atoms with E-state index in [0.29, 0.717) is 30.2 Å². The molecule has 0 aromatic heterocycles. The van der Waals surface area contributed by atoms with Gasteiger partial charge in [0.1, 0.15) is 5.82 Å². The van der Waals surface area contributed by atoms with Gasteiger partial charge >= 0.3 is 0 Å². The Bertz CT molecular complexity index is 920. The zero-order valence-corrected chi connectivity index (χ0v) is 16.4. The monoisotopic (exact) mass is 394 g/mol. The molecule has 2 aromatic rings. The molecular formula is C19H23FN2O4S. The van der Waals surface area contributed by atoms with Gasteiger partial charge in [-0.1, -0.05) is 18.2 Å². The van der Waals surface area contributed by atoms with E-state index >= 15 is 0 Å². The summed E-state index contributed by atoms with van der Waals surface area (Å²) in [5.74, 6) is 0.470. The molecule has 1 unspecified atom stereocenters. The van der Waals surface area contributed by atoms with Crippen molar-refractivity contribution in [3.05, 3.63) is 53.8 Å². The highest BCUT2D eigenvalue weighted by molar-refractivity contribution is 7.89. The number of benzene rings is 2. The van der Waals surface area contributed by atoms with Crippen LogP contribution in [-0.2, 0) is 10.0 Å². The van der Waals surface area contributed by atoms with E-state index in [2.05, 4.69) is 0 Å². The van der Waals surface area contributed by atoms with Gasteiger partial charge in [-0.25, -0.2) is 12.8 Å². The maximum absolute atomic E-state index is 14.3. The lowest BCUT2D eigenvalue weighted by molar-refractivity contribution is 0.145. The minimum atomic E-state index is -3.75. The highest BCUT2D eigenvalue weighted by Gasteiger charge is 2.34. The van der Waals surface area contributed by atoms with Crippen LogP contribution in [0.3, 0.4) is 0 Å². The zero-order chi connectivity index (χ0) is 19.6. The number of hydrogen-bond acceptors (Lipinski definition) is 5. The smallest absolute Gasteiger partial charge is 0.243 e. The van der Waals surface area contributed by atoms with Gasteiger partial charge < -0.3 is 9.47 Å². The van der Waals surface area contributed by atoms with Gasteiger partial charge in [0.05, 0.1) is 25.2 Å². The minimum Gasteiger partial charge on any atom is -0.493 e. The van der Waals surface area contributed by atoms with Crippen molar-refractivity contribution >= 4 is 10.0 Å². The molecule has 27 heavy (non-hydrogen) atoms. The maximum Gasteiger partial charge on any atom is 0.243 e. The van der Waals surface area contributed by atoms with E-state index in [0.717, 1.165) is 0 Å². The molecule has 0 spiro atoms. The molecule has 0 amide bonds. The lowest BCUT2D eigenvalue weighted by Gasteiger charge is -2.39. The lowest BCUT2D eigenvalue weighted by atomic mass is 10.0. The summed E-state index contributed by atoms with van der Waals surface area (Å²) in [5.41, 5.74) is 0.493. The fourth-order valence-corrected chi connectivity index (χ4v) is 4.73. The molecule has 1 atom stereocenters. The average Bonchev–Trinajstić information content (AvgIpc) is 2.68. The number of halogens is 1. The van der Waals surface area contributed by atoms with Crippen molar-refractivity contribution < 1.29 is 22.3 Å². The minimum absolute atomic E-state index is 0.122. The molecule has 1 saturated heterocycles. The normalized spacial score (nSPS) is 19.0. The molecule has 0 N–H and O–H groups in total. The van der Waals surface area contributed by atoms with Crippen LogP contribution in [0.4, 0.5) is 4.39 Å². The first kappa shape index (κ1) is 19.6. The van der Waals surface area contributed by atoms with E-state index in [-0.39, 0.29) is 23.3 Å². The molecule has 0 saturated carbocycles. The van der Waals surface area contributed by atoms with Gasteiger partial charge in [-0.2, -0.15) is 4.31 Å². The Balaban J connectivity index is 1.92. The summed E-state index contributed by atoms with van der Waals surface area (Å²) in [6.07, 6.45) is 0. The molecule has 0 aliphatic carbocycles. The number of nitrogens with zero attached hydrogens (tertiary/aromatic N) is 2. The van der Waals surface area contributed by atoms with Gasteiger partial charge in [0.25, 0.3) is 0 Å². The summed E-state index contributed by atoms with van der Waals surface area (Å²) in [6, 6.07) is 10.6. The standard InChI is InChI=1S/C19H23FN2O4S/c1-21-10-11-22(13-17(21)15-6-4-5-7-16(15)20)27(23,24)14-8-9-18(25-2)19(12-14)26-3/h4-9,12,17H,10-11,13H2,1-3H3. The van der Waals surface area contributed by atoms with E-state index in [9.17, 15) is 12.8 Å². The first-order valence-electron chi connectivity index (χ1n) is 8.55. The van der Waals surface area contributed by atoms with Gasteiger partial charge in [-0.05, 0) is 25.2 Å². The van der Waals surface area contributed by atoms with Gasteiger partial charge in [0.15, 0.2) is 11.5 Å². The highest BCUT2D eigenvalue weighted by Crippen LogP contribution is 2.33. The SMILES string of the molecule is COc1ccc(S(=O)(=O)N2CCN(C)C(c3ccccc3F)C2)cc1OC. The molecule has 146 valence electrons. The second kappa shape index (κ2) is 7.84. The Morgan fingerprint density at radius 2 is 1.74 bits per heavy atom. The maximum atomic E-state index is 14.3. The fraction of sp³-hybridized carbons (Fsp3) is 0.368. The van der Waals surface area contributed by atoms with Crippen LogP contribution in [0.25, 0.3) is 0 Å².